The summed E-state index contributed by atoms with van der Waals surface area (Å²) < 4.78 is 18.2. The number of ether oxygens (including phenoxy) is 4. The van der Waals surface area contributed by atoms with Crippen molar-refractivity contribution in [3.63, 3.8) is 0 Å². The van der Waals surface area contributed by atoms with Gasteiger partial charge in [0.25, 0.3) is 0 Å². The lowest BCUT2D eigenvalue weighted by atomic mass is 9.96. The number of nitrogens with one attached hydrogen (secondary N) is 10. The van der Waals surface area contributed by atoms with E-state index < -0.39 is 103 Å². The van der Waals surface area contributed by atoms with Crippen LogP contribution < -0.4 is 76.1 Å². The van der Waals surface area contributed by atoms with Gasteiger partial charge >= 0.3 is 24.4 Å². The Morgan fingerprint density at radius 3 is 0.837 bits per heavy atom. The molecule has 0 saturated heterocycles. The van der Waals surface area contributed by atoms with E-state index in [0.29, 0.717) is 160 Å². The molecule has 4 unspecified atom stereocenters. The van der Waals surface area contributed by atoms with Gasteiger partial charge in [-0.15, -0.1) is 0 Å². The van der Waals surface area contributed by atoms with Crippen molar-refractivity contribution < 1.29 is 95.7 Å². The molecule has 0 bridgehead atoms. The molecule has 0 aliphatic heterocycles. The molecule has 16 amide bonds. The first-order valence-corrected chi connectivity index (χ1v) is 36.3. The van der Waals surface area contributed by atoms with Crippen molar-refractivity contribution in [2.45, 2.75) is 186 Å². The average Bonchev–Trinajstić information content (AvgIpc) is 1.72. The lowest BCUT2D eigenvalue weighted by molar-refractivity contribution is -0.139. The van der Waals surface area contributed by atoms with Crippen LogP contribution in [0.1, 0.15) is 174 Å². The van der Waals surface area contributed by atoms with Gasteiger partial charge in [0, 0.05) is 88.9 Å². The van der Waals surface area contributed by atoms with E-state index in [0.717, 1.165) is 62.5 Å². The summed E-state index contributed by atoms with van der Waals surface area (Å²) in [4.78, 5) is 198. The summed E-state index contributed by atoms with van der Waals surface area (Å²) in [6, 6.07) is -1.96. The first-order chi connectivity index (χ1) is 49.6. The number of primary amides is 4. The molecule has 6 atom stereocenters. The molecule has 36 nitrogen and oxygen atoms in total. The second-order valence-electron chi connectivity index (χ2n) is 26.5. The van der Waals surface area contributed by atoms with Gasteiger partial charge < -0.3 is 105 Å². The van der Waals surface area contributed by atoms with E-state index in [1.54, 1.807) is 6.92 Å². The van der Waals surface area contributed by atoms with Crippen LogP contribution in [0.2, 0.25) is 0 Å². The highest BCUT2D eigenvalue weighted by atomic mass is 16.5. The molecule has 3 rings (SSSR count). The zero-order chi connectivity index (χ0) is 77.4. The average molecular weight is 1480 g/mol. The third-order valence-electron chi connectivity index (χ3n) is 18.0. The molecule has 0 aromatic rings. The van der Waals surface area contributed by atoms with E-state index in [-0.39, 0.29) is 93.3 Å². The van der Waals surface area contributed by atoms with Crippen LogP contribution in [0.3, 0.4) is 0 Å². The molecule has 590 valence electrons. The molecule has 0 heterocycles. The predicted molar refractivity (Wildman–Crippen MR) is 378 cm³/mol. The second kappa shape index (κ2) is 52.6. The SMILES string of the molecule is COC(=O)NCCCC[C@H](NC(=O)OC)C(=O)NCCC(=O)N(CC(=O)NCCCCC(C(N)=O)C1CC1)CC(=O)NCCCCC(C(N)=O)C1CC1.COC(=O)NCCCC[C@H](NC(=O)OC)C(=O)NCCC(=O)N(CC(=O)NCCCCC(C)C(N)=O)CC(=O)NCCCCC(C(N)=O)C1CC1. The standard InChI is InChI=1S/C35H60N8O10.C33H58N8O10/c1-52-34(50)41-19-8-5-11-27(42-35(51)53-2)33(49)40-20-16-30(46)43(21-28(44)38-17-6-3-9-25(31(36)47)23-12-13-23)22-29(45)39-18-7-4-10-26(32(37)48)24-14-15-24;1-22(29(34)45)10-4-7-16-36-26(42)20-41(21-27(43)37-17-8-5-11-24(30(35)46)23-13-14-23)28(44)15-19-38-31(47)25(40-33(49)51-3)12-6-9-18-39-32(48)50-2/h23-27H,3-22H2,1-2H3,(H2,36,47)(H2,37,48)(H,38,44)(H,39,45)(H,40,49)(H,41,50)(H,42,51);22-25H,4-21H2,1-3H3,(H2,34,45)(H2,35,46)(H,36,42)(H,37,43)(H,38,47)(H,39,48)(H,40,49)/t25?,26?,27-;22?,24?,25-/m00/s1. The third-order valence-corrected chi connectivity index (χ3v) is 18.0. The normalized spacial score (nSPS) is 14.5. The summed E-state index contributed by atoms with van der Waals surface area (Å²) in [5.74, 6) is -5.10. The van der Waals surface area contributed by atoms with Crippen molar-refractivity contribution in [3.05, 3.63) is 0 Å². The minimum absolute atomic E-state index is 0.134. The van der Waals surface area contributed by atoms with Crippen LogP contribution in [0, 0.1) is 41.4 Å². The fourth-order valence-corrected chi connectivity index (χ4v) is 11.4. The Balaban J connectivity index is 0.000000707. The molecule has 3 aliphatic carbocycles. The Morgan fingerprint density at radius 2 is 0.587 bits per heavy atom. The molecular weight excluding hydrogens is 1360 g/mol. The van der Waals surface area contributed by atoms with Crippen LogP contribution in [0.15, 0.2) is 0 Å². The highest BCUT2D eigenvalue weighted by Gasteiger charge is 2.37. The van der Waals surface area contributed by atoms with Gasteiger partial charge in [-0.05, 0) is 146 Å². The van der Waals surface area contributed by atoms with E-state index in [1.165, 1.54) is 14.2 Å². The first-order valence-electron chi connectivity index (χ1n) is 36.3. The zero-order valence-corrected chi connectivity index (χ0v) is 61.4. The van der Waals surface area contributed by atoms with Gasteiger partial charge in [0.15, 0.2) is 0 Å². The molecule has 104 heavy (non-hydrogen) atoms. The summed E-state index contributed by atoms with van der Waals surface area (Å²) in [6.45, 7) is 1.75. The highest BCUT2D eigenvalue weighted by Crippen LogP contribution is 2.40. The van der Waals surface area contributed by atoms with Crippen LogP contribution in [0.25, 0.3) is 0 Å². The maximum atomic E-state index is 13.3. The summed E-state index contributed by atoms with van der Waals surface area (Å²) in [5, 5.41) is 26.2. The van der Waals surface area contributed by atoms with Gasteiger partial charge in [0.1, 0.15) is 38.3 Å². The molecule has 0 aromatic carbocycles. The van der Waals surface area contributed by atoms with E-state index in [9.17, 15) is 76.7 Å². The number of amides is 16. The predicted octanol–water partition coefficient (Wildman–Crippen LogP) is -0.0537. The van der Waals surface area contributed by atoms with Crippen LogP contribution in [-0.4, -0.2) is 224 Å². The fourth-order valence-electron chi connectivity index (χ4n) is 11.4. The molecule has 3 fully saturated rings. The maximum Gasteiger partial charge on any atom is 0.407 e. The Morgan fingerprint density at radius 1 is 0.327 bits per heavy atom. The fraction of sp³-hybridized carbons (Fsp3) is 0.765. The number of carbonyl (C=O) groups is 16. The number of hydrogen-bond donors (Lipinski definition) is 14. The molecular formula is C68H118N16O20. The van der Waals surface area contributed by atoms with Gasteiger partial charge in [-0.25, -0.2) is 19.2 Å². The van der Waals surface area contributed by atoms with Gasteiger partial charge in [0.2, 0.25) is 70.9 Å². The van der Waals surface area contributed by atoms with Crippen LogP contribution in [0.5, 0.6) is 0 Å². The number of hydrogen-bond acceptors (Lipinski definition) is 20. The molecule has 36 heteroatoms. The molecule has 0 radical (unpaired) electrons. The van der Waals surface area contributed by atoms with E-state index in [2.05, 4.69) is 72.1 Å². The molecule has 0 spiro atoms. The largest absolute Gasteiger partial charge is 0.453 e. The van der Waals surface area contributed by atoms with Gasteiger partial charge in [-0.1, -0.05) is 32.6 Å². The third kappa shape index (κ3) is 42.3. The number of rotatable bonds is 55. The lowest BCUT2D eigenvalue weighted by Gasteiger charge is -2.23. The number of methoxy groups -OCH3 is 4. The van der Waals surface area contributed by atoms with E-state index >= 15 is 0 Å². The quantitative estimate of drug-likeness (QED) is 0.0280. The van der Waals surface area contributed by atoms with Gasteiger partial charge in [-0.2, -0.15) is 0 Å². The van der Waals surface area contributed by atoms with Crippen LogP contribution >= 0.6 is 0 Å². The molecule has 3 aliphatic rings. The Kier molecular flexibility index (Phi) is 46.0. The minimum Gasteiger partial charge on any atom is -0.453 e. The number of unbranched alkanes of at least 4 members (excludes halogenated alkanes) is 6. The second-order valence-corrected chi connectivity index (χ2v) is 26.5. The number of carbonyl (C=O) groups excluding carboxylic acids is 16. The summed E-state index contributed by atoms with van der Waals surface area (Å²) in [5.41, 5.74) is 21.8. The number of alkyl carbamates (subject to hydrolysis) is 4. The van der Waals surface area contributed by atoms with Crippen molar-refractivity contribution in [2.75, 3.05) is 107 Å². The lowest BCUT2D eigenvalue weighted by Crippen LogP contribution is -2.49. The van der Waals surface area contributed by atoms with Crippen molar-refractivity contribution in [2.24, 2.45) is 64.4 Å². The maximum absolute atomic E-state index is 13.3. The molecule has 18 N–H and O–H groups in total. The van der Waals surface area contributed by atoms with Crippen LogP contribution in [-0.2, 0) is 76.5 Å². The summed E-state index contributed by atoms with van der Waals surface area (Å²) in [7, 11) is 4.80. The van der Waals surface area contributed by atoms with Gasteiger partial charge in [-0.3, -0.25) is 57.5 Å². The summed E-state index contributed by atoms with van der Waals surface area (Å²) in [6.07, 6.45) is 12.8. The molecule has 3 saturated carbocycles. The minimum atomic E-state index is -0.980. The van der Waals surface area contributed by atoms with Crippen molar-refractivity contribution in [3.8, 4) is 0 Å². The summed E-state index contributed by atoms with van der Waals surface area (Å²) >= 11 is 0. The van der Waals surface area contributed by atoms with Crippen molar-refractivity contribution in [1.82, 2.24) is 63.0 Å². The van der Waals surface area contributed by atoms with Gasteiger partial charge in [0.05, 0.1) is 28.4 Å². The Bertz CT molecular complexity index is 2720. The van der Waals surface area contributed by atoms with Crippen molar-refractivity contribution >= 4 is 95.3 Å². The Hall–Kier alpha value is -9.28. The topological polar surface area (TPSA) is 541 Å². The van der Waals surface area contributed by atoms with E-state index in [4.69, 9.17) is 22.9 Å². The monoisotopic (exact) mass is 1480 g/mol. The zero-order valence-electron chi connectivity index (χ0n) is 61.4. The molecule has 0 aromatic heterocycles. The smallest absolute Gasteiger partial charge is 0.407 e. The van der Waals surface area contributed by atoms with Crippen molar-refractivity contribution in [1.29, 1.82) is 0 Å². The van der Waals surface area contributed by atoms with E-state index in [1.807, 2.05) is 0 Å². The van der Waals surface area contributed by atoms with Crippen LogP contribution in [0.4, 0.5) is 19.2 Å². The number of nitrogens with zero attached hydrogens (tertiary/aromatic N) is 2. The highest BCUT2D eigenvalue weighted by molar-refractivity contribution is 5.92. The number of nitrogens with two attached hydrogens (primary N) is 4. The Labute approximate surface area is 609 Å². The first kappa shape index (κ1) is 90.8.